The van der Waals surface area contributed by atoms with Gasteiger partial charge >= 0.3 is 0 Å². The maximum absolute atomic E-state index is 11.4. The number of nitrogens with zero attached hydrogens (tertiary/aromatic N) is 1. The number of hydrogen-bond donors (Lipinski definition) is 0. The highest BCUT2D eigenvalue weighted by molar-refractivity contribution is 7.89. The van der Waals surface area contributed by atoms with Crippen molar-refractivity contribution in [2.24, 2.45) is 0 Å². The van der Waals surface area contributed by atoms with E-state index in [0.717, 1.165) is 6.26 Å². The predicted molar refractivity (Wildman–Crippen MR) is 89.5 cm³/mol. The number of non-ortho nitro benzene ring substituents is 1. The van der Waals surface area contributed by atoms with Crippen molar-refractivity contribution in [3.05, 3.63) is 64.2 Å². The lowest BCUT2D eigenvalue weighted by Crippen LogP contribution is -2.03. The van der Waals surface area contributed by atoms with E-state index < -0.39 is 14.8 Å². The molecular formula is C16H19NO5S. The van der Waals surface area contributed by atoms with Crippen LogP contribution in [0.3, 0.4) is 0 Å². The largest absolute Gasteiger partial charge is 0.457 e. The number of benzene rings is 2. The molecule has 0 unspecified atom stereocenters. The van der Waals surface area contributed by atoms with Crippen LogP contribution in [0.1, 0.15) is 19.4 Å². The second-order valence-corrected chi connectivity index (χ2v) is 6.67. The van der Waals surface area contributed by atoms with Crippen LogP contribution in [0.4, 0.5) is 5.69 Å². The SMILES string of the molecule is CC.CS(=O)(=O)Cc1ccc([N+](=O)[O-])cc1Oc1ccccc1. The van der Waals surface area contributed by atoms with Crippen molar-refractivity contribution in [2.45, 2.75) is 19.6 Å². The van der Waals surface area contributed by atoms with Gasteiger partial charge in [0.2, 0.25) is 0 Å². The molecule has 2 aromatic carbocycles. The Morgan fingerprint density at radius 1 is 1.09 bits per heavy atom. The molecule has 0 amide bonds. The van der Waals surface area contributed by atoms with Crippen LogP contribution in [-0.4, -0.2) is 19.6 Å². The molecule has 0 aliphatic carbocycles. The van der Waals surface area contributed by atoms with E-state index in [1.165, 1.54) is 18.2 Å². The number of rotatable bonds is 5. The number of hydrogen-bond acceptors (Lipinski definition) is 5. The molecule has 0 aliphatic rings. The lowest BCUT2D eigenvalue weighted by atomic mass is 10.2. The summed E-state index contributed by atoms with van der Waals surface area (Å²) in [6.45, 7) is 4.00. The summed E-state index contributed by atoms with van der Waals surface area (Å²) in [4.78, 5) is 10.3. The summed E-state index contributed by atoms with van der Waals surface area (Å²) in [6.07, 6.45) is 1.10. The molecular weight excluding hydrogens is 318 g/mol. The summed E-state index contributed by atoms with van der Waals surface area (Å²) in [5, 5.41) is 10.8. The Bertz CT molecular complexity index is 757. The topological polar surface area (TPSA) is 86.5 Å². The summed E-state index contributed by atoms with van der Waals surface area (Å²) >= 11 is 0. The number of ether oxygens (including phenoxy) is 1. The first-order valence-electron chi connectivity index (χ1n) is 7.03. The molecule has 2 rings (SSSR count). The Morgan fingerprint density at radius 3 is 2.22 bits per heavy atom. The second kappa shape index (κ2) is 8.28. The molecule has 0 spiro atoms. The minimum absolute atomic E-state index is 0.154. The van der Waals surface area contributed by atoms with Crippen molar-refractivity contribution in [3.8, 4) is 11.5 Å². The maximum Gasteiger partial charge on any atom is 0.273 e. The molecule has 0 N–H and O–H groups in total. The third-order valence-electron chi connectivity index (χ3n) is 2.65. The summed E-state index contributed by atoms with van der Waals surface area (Å²) in [6, 6.07) is 12.6. The van der Waals surface area contributed by atoms with Crippen molar-refractivity contribution in [2.75, 3.05) is 6.26 Å². The lowest BCUT2D eigenvalue weighted by molar-refractivity contribution is -0.384. The Morgan fingerprint density at radius 2 is 1.70 bits per heavy atom. The molecule has 0 aliphatic heterocycles. The van der Waals surface area contributed by atoms with Gasteiger partial charge in [-0.05, 0) is 18.2 Å². The van der Waals surface area contributed by atoms with Gasteiger partial charge in [-0.2, -0.15) is 0 Å². The van der Waals surface area contributed by atoms with Gasteiger partial charge in [-0.15, -0.1) is 0 Å². The highest BCUT2D eigenvalue weighted by Gasteiger charge is 2.16. The van der Waals surface area contributed by atoms with Crippen molar-refractivity contribution in [3.63, 3.8) is 0 Å². The van der Waals surface area contributed by atoms with Crippen molar-refractivity contribution >= 4 is 15.5 Å². The van der Waals surface area contributed by atoms with Gasteiger partial charge in [-0.25, -0.2) is 8.42 Å². The van der Waals surface area contributed by atoms with Gasteiger partial charge in [0.25, 0.3) is 5.69 Å². The second-order valence-electron chi connectivity index (χ2n) is 4.53. The molecule has 0 radical (unpaired) electrons. The van der Waals surface area contributed by atoms with Gasteiger partial charge in [-0.3, -0.25) is 10.1 Å². The zero-order valence-electron chi connectivity index (χ0n) is 13.2. The molecule has 0 saturated carbocycles. The maximum atomic E-state index is 11.4. The van der Waals surface area contributed by atoms with Crippen LogP contribution < -0.4 is 4.74 Å². The smallest absolute Gasteiger partial charge is 0.273 e. The molecule has 0 heterocycles. The van der Waals surface area contributed by atoms with Gasteiger partial charge in [0.15, 0.2) is 9.84 Å². The summed E-state index contributed by atoms with van der Waals surface area (Å²) in [5.74, 6) is 0.404. The van der Waals surface area contributed by atoms with E-state index >= 15 is 0 Å². The highest BCUT2D eigenvalue weighted by atomic mass is 32.2. The first-order chi connectivity index (χ1) is 10.8. The first-order valence-corrected chi connectivity index (χ1v) is 9.09. The first kappa shape index (κ1) is 18.6. The molecule has 2 aromatic rings. The van der Waals surface area contributed by atoms with Gasteiger partial charge in [0.1, 0.15) is 11.5 Å². The van der Waals surface area contributed by atoms with Crippen LogP contribution in [0.25, 0.3) is 0 Å². The van der Waals surface area contributed by atoms with E-state index in [1.807, 2.05) is 13.8 Å². The number of para-hydroxylation sites is 1. The Balaban J connectivity index is 0.00000127. The summed E-state index contributed by atoms with van der Waals surface area (Å²) < 4.78 is 28.4. The minimum Gasteiger partial charge on any atom is -0.457 e. The van der Waals surface area contributed by atoms with Crippen LogP contribution >= 0.6 is 0 Å². The monoisotopic (exact) mass is 337 g/mol. The van der Waals surface area contributed by atoms with Gasteiger partial charge in [0, 0.05) is 17.9 Å². The minimum atomic E-state index is -3.27. The van der Waals surface area contributed by atoms with Crippen LogP contribution in [-0.2, 0) is 15.6 Å². The predicted octanol–water partition coefficient (Wildman–Crippen LogP) is 3.96. The van der Waals surface area contributed by atoms with Crippen LogP contribution in [0, 0.1) is 10.1 Å². The van der Waals surface area contributed by atoms with E-state index in [1.54, 1.807) is 30.3 Å². The number of nitro benzene ring substituents is 1. The molecule has 0 bridgehead atoms. The Labute approximate surface area is 135 Å². The fraction of sp³-hybridized carbons (Fsp3) is 0.250. The zero-order valence-corrected chi connectivity index (χ0v) is 14.0. The standard InChI is InChI=1S/C14H13NO5S.C2H6/c1-21(18,19)10-11-7-8-12(15(16)17)9-14(11)20-13-5-3-2-4-6-13;1-2/h2-9H,10H2,1H3;1-2H3. The van der Waals surface area contributed by atoms with Crippen LogP contribution in [0.5, 0.6) is 11.5 Å². The lowest BCUT2D eigenvalue weighted by Gasteiger charge is -2.10. The highest BCUT2D eigenvalue weighted by Crippen LogP contribution is 2.30. The average Bonchev–Trinajstić information content (AvgIpc) is 2.50. The van der Waals surface area contributed by atoms with Crippen molar-refractivity contribution in [1.29, 1.82) is 0 Å². The molecule has 7 heteroatoms. The molecule has 0 atom stereocenters. The fourth-order valence-corrected chi connectivity index (χ4v) is 2.57. The van der Waals surface area contributed by atoms with E-state index in [2.05, 4.69) is 0 Å². The van der Waals surface area contributed by atoms with Gasteiger partial charge < -0.3 is 4.74 Å². The molecule has 0 aromatic heterocycles. The average molecular weight is 337 g/mol. The fourth-order valence-electron chi connectivity index (χ4n) is 1.77. The van der Waals surface area contributed by atoms with Gasteiger partial charge in [-0.1, -0.05) is 32.0 Å². The van der Waals surface area contributed by atoms with Crippen LogP contribution in [0.2, 0.25) is 0 Å². The number of nitro groups is 1. The van der Waals surface area contributed by atoms with Crippen LogP contribution in [0.15, 0.2) is 48.5 Å². The van der Waals surface area contributed by atoms with E-state index in [4.69, 9.17) is 4.74 Å². The summed E-state index contributed by atoms with van der Waals surface area (Å²) in [5.41, 5.74) is 0.227. The normalized spacial score (nSPS) is 10.4. The zero-order chi connectivity index (χ0) is 17.5. The molecule has 6 nitrogen and oxygen atoms in total. The third kappa shape index (κ3) is 6.07. The Kier molecular flexibility index (Phi) is 6.71. The molecule has 124 valence electrons. The molecule has 23 heavy (non-hydrogen) atoms. The quantitative estimate of drug-likeness (QED) is 0.609. The number of sulfone groups is 1. The third-order valence-corrected chi connectivity index (χ3v) is 3.49. The molecule has 0 fully saturated rings. The van der Waals surface area contributed by atoms with E-state index in [0.29, 0.717) is 11.3 Å². The molecule has 0 saturated heterocycles. The Hall–Kier alpha value is -2.41. The van der Waals surface area contributed by atoms with Crippen molar-refractivity contribution < 1.29 is 18.1 Å². The van der Waals surface area contributed by atoms with Crippen molar-refractivity contribution in [1.82, 2.24) is 0 Å². The summed E-state index contributed by atoms with van der Waals surface area (Å²) in [7, 11) is -3.27. The van der Waals surface area contributed by atoms with E-state index in [9.17, 15) is 18.5 Å². The van der Waals surface area contributed by atoms with E-state index in [-0.39, 0.29) is 17.2 Å². The van der Waals surface area contributed by atoms with Gasteiger partial charge in [0.05, 0.1) is 16.7 Å².